The molecule has 3 unspecified atom stereocenters. The average Bonchev–Trinajstić information content (AvgIpc) is 3.84. The molecule has 0 radical (unpaired) electrons. The Balaban J connectivity index is 0.974. The van der Waals surface area contributed by atoms with Gasteiger partial charge in [-0.1, -0.05) is 134 Å². The van der Waals surface area contributed by atoms with Crippen LogP contribution in [0.15, 0.2) is 182 Å². The van der Waals surface area contributed by atoms with E-state index in [2.05, 4.69) is 181 Å². The van der Waals surface area contributed by atoms with Gasteiger partial charge in [0.05, 0.1) is 17.0 Å². The molecule has 2 aromatic heterocycles. The molecule has 276 valence electrons. The van der Waals surface area contributed by atoms with Crippen molar-refractivity contribution in [3.63, 3.8) is 0 Å². The van der Waals surface area contributed by atoms with Gasteiger partial charge < -0.3 is 9.30 Å². The highest BCUT2D eigenvalue weighted by Crippen LogP contribution is 2.49. The van der Waals surface area contributed by atoms with Crippen molar-refractivity contribution in [3.8, 4) is 34.0 Å². The number of hydrogen-bond donors (Lipinski definition) is 0. The molecule has 5 nitrogen and oxygen atoms in total. The number of nitrogens with zero attached hydrogens (tertiary/aromatic N) is 4. The van der Waals surface area contributed by atoms with E-state index >= 15 is 0 Å². The zero-order valence-electron chi connectivity index (χ0n) is 31.8. The Kier molecular flexibility index (Phi) is 7.55. The summed E-state index contributed by atoms with van der Waals surface area (Å²) in [5, 5.41) is 4.80. The van der Waals surface area contributed by atoms with E-state index in [4.69, 9.17) is 19.7 Å². The molecule has 0 spiro atoms. The predicted octanol–water partition coefficient (Wildman–Crippen LogP) is 12.6. The maximum atomic E-state index is 6.85. The molecule has 0 amide bonds. The molecule has 3 heterocycles. The minimum absolute atomic E-state index is 0.0686. The van der Waals surface area contributed by atoms with Crippen LogP contribution in [0.4, 0.5) is 0 Å². The molecule has 4 aliphatic rings. The van der Waals surface area contributed by atoms with Gasteiger partial charge in [0.2, 0.25) is 0 Å². The van der Waals surface area contributed by atoms with Crippen LogP contribution in [0.1, 0.15) is 42.4 Å². The maximum absolute atomic E-state index is 6.85. The molecule has 6 aromatic carbocycles. The van der Waals surface area contributed by atoms with E-state index in [-0.39, 0.29) is 12.0 Å². The van der Waals surface area contributed by atoms with Gasteiger partial charge in [-0.3, -0.25) is 0 Å². The molecule has 0 saturated heterocycles. The van der Waals surface area contributed by atoms with Crippen molar-refractivity contribution in [1.82, 2.24) is 19.5 Å². The van der Waals surface area contributed by atoms with E-state index in [1.54, 1.807) is 0 Å². The molecule has 8 aromatic rings. The van der Waals surface area contributed by atoms with Gasteiger partial charge in [0.25, 0.3) is 0 Å². The largest absolute Gasteiger partial charge is 0.485 e. The molecule has 0 N–H and O–H groups in total. The zero-order chi connectivity index (χ0) is 38.2. The maximum Gasteiger partial charge on any atom is 0.164 e. The molecule has 58 heavy (non-hydrogen) atoms. The van der Waals surface area contributed by atoms with Gasteiger partial charge in [-0.25, -0.2) is 15.0 Å². The lowest BCUT2D eigenvalue weighted by atomic mass is 9.82. The molecule has 0 bridgehead atoms. The lowest BCUT2D eigenvalue weighted by molar-refractivity contribution is 0.271. The quantitative estimate of drug-likeness (QED) is 0.176. The minimum Gasteiger partial charge on any atom is -0.485 e. The summed E-state index contributed by atoms with van der Waals surface area (Å²) in [5.74, 6) is 3.45. The molecule has 12 rings (SSSR count). The number of benzene rings is 6. The van der Waals surface area contributed by atoms with Crippen LogP contribution in [-0.2, 0) is 0 Å². The molecule has 5 heteroatoms. The number of ether oxygens (including phenoxy) is 1. The number of fused-ring (bicyclic) bond motifs is 8. The fourth-order valence-electron chi connectivity index (χ4n) is 9.55. The van der Waals surface area contributed by atoms with E-state index in [1.165, 1.54) is 50.3 Å². The summed E-state index contributed by atoms with van der Waals surface area (Å²) in [7, 11) is 0. The van der Waals surface area contributed by atoms with Crippen LogP contribution < -0.4 is 4.74 Å². The third-order valence-electron chi connectivity index (χ3n) is 12.4. The molecule has 1 aliphatic heterocycles. The number of aromatic nitrogens is 4. The lowest BCUT2D eigenvalue weighted by Crippen LogP contribution is -2.21. The third-order valence-corrected chi connectivity index (χ3v) is 12.4. The normalized spacial score (nSPS) is 19.3. The summed E-state index contributed by atoms with van der Waals surface area (Å²) in [6.07, 6.45) is 18.8. The number of allylic oxidation sites excluding steroid dienone is 8. The van der Waals surface area contributed by atoms with Crippen molar-refractivity contribution in [2.45, 2.75) is 31.3 Å². The fraction of sp³-hybridized carbons (Fsp3) is 0.113. The third kappa shape index (κ3) is 5.42. The molecule has 0 fully saturated rings. The summed E-state index contributed by atoms with van der Waals surface area (Å²) in [6, 6.07) is 47.7. The van der Waals surface area contributed by atoms with Crippen molar-refractivity contribution in [3.05, 3.63) is 199 Å². The minimum atomic E-state index is -0.179. The van der Waals surface area contributed by atoms with E-state index < -0.39 is 0 Å². The van der Waals surface area contributed by atoms with E-state index in [0.717, 1.165) is 51.9 Å². The van der Waals surface area contributed by atoms with Crippen LogP contribution in [0, 0.1) is 5.92 Å². The van der Waals surface area contributed by atoms with E-state index in [9.17, 15) is 0 Å². The molecule has 3 aliphatic carbocycles. The smallest absolute Gasteiger partial charge is 0.164 e. The average molecular weight is 747 g/mol. The molecule has 3 atom stereocenters. The summed E-state index contributed by atoms with van der Waals surface area (Å²) >= 11 is 0. The first kappa shape index (κ1) is 33.1. The van der Waals surface area contributed by atoms with Gasteiger partial charge in [-0.15, -0.1) is 0 Å². The highest BCUT2D eigenvalue weighted by Gasteiger charge is 2.39. The van der Waals surface area contributed by atoms with Crippen LogP contribution in [0.5, 0.6) is 5.75 Å². The number of para-hydroxylation sites is 1. The topological polar surface area (TPSA) is 52.8 Å². The van der Waals surface area contributed by atoms with Gasteiger partial charge >= 0.3 is 0 Å². The van der Waals surface area contributed by atoms with Crippen molar-refractivity contribution in [2.24, 2.45) is 5.92 Å². The predicted molar refractivity (Wildman–Crippen MR) is 236 cm³/mol. The van der Waals surface area contributed by atoms with Crippen molar-refractivity contribution < 1.29 is 4.74 Å². The zero-order valence-corrected chi connectivity index (χ0v) is 31.8. The monoisotopic (exact) mass is 746 g/mol. The van der Waals surface area contributed by atoms with Crippen LogP contribution in [0.25, 0.3) is 71.9 Å². The second kappa shape index (κ2) is 13.2. The van der Waals surface area contributed by atoms with Gasteiger partial charge in [-0.05, 0) is 89.1 Å². The second-order valence-electron chi connectivity index (χ2n) is 15.8. The summed E-state index contributed by atoms with van der Waals surface area (Å²) in [4.78, 5) is 15.7. The highest BCUT2D eigenvalue weighted by molar-refractivity contribution is 6.10. The lowest BCUT2D eigenvalue weighted by Gasteiger charge is -2.25. The first-order chi connectivity index (χ1) is 28.7. The number of rotatable bonds is 5. The molecular formula is C53H38N4O. The second-order valence-corrected chi connectivity index (χ2v) is 15.8. The summed E-state index contributed by atoms with van der Waals surface area (Å²) in [6.45, 7) is 0. The Bertz CT molecular complexity index is 3140. The van der Waals surface area contributed by atoms with Gasteiger partial charge in [-0.2, -0.15) is 0 Å². The van der Waals surface area contributed by atoms with E-state index in [0.29, 0.717) is 23.4 Å². The van der Waals surface area contributed by atoms with Crippen molar-refractivity contribution in [1.29, 1.82) is 0 Å². The molecular weight excluding hydrogens is 709 g/mol. The van der Waals surface area contributed by atoms with Gasteiger partial charge in [0.1, 0.15) is 11.9 Å². The summed E-state index contributed by atoms with van der Waals surface area (Å²) < 4.78 is 9.22. The van der Waals surface area contributed by atoms with Crippen LogP contribution in [0.2, 0.25) is 0 Å². The number of hydrogen-bond acceptors (Lipinski definition) is 4. The van der Waals surface area contributed by atoms with Crippen LogP contribution >= 0.6 is 0 Å². The SMILES string of the molecule is C1=CC2Oc3cc(-n4c5ccccc5c5ccc(-c6ccccc6)cc54)ccc3C2C(c2nc(C3=CCC4CCC=CC4=C3)nc(-c3ccc4ccccc4c3)n2)=C1. The van der Waals surface area contributed by atoms with Crippen LogP contribution in [-0.4, -0.2) is 25.6 Å². The van der Waals surface area contributed by atoms with Crippen LogP contribution in [0.3, 0.4) is 0 Å². The van der Waals surface area contributed by atoms with Crippen molar-refractivity contribution >= 4 is 43.7 Å². The van der Waals surface area contributed by atoms with Crippen molar-refractivity contribution in [2.75, 3.05) is 0 Å². The van der Waals surface area contributed by atoms with E-state index in [1.807, 2.05) is 0 Å². The Morgan fingerprint density at radius 2 is 1.45 bits per heavy atom. The molecule has 0 saturated carbocycles. The highest BCUT2D eigenvalue weighted by atomic mass is 16.5. The Morgan fingerprint density at radius 1 is 0.638 bits per heavy atom. The first-order valence-electron chi connectivity index (χ1n) is 20.3. The summed E-state index contributed by atoms with van der Waals surface area (Å²) in [5.41, 5.74) is 11.4. The Hall–Kier alpha value is -7.11. The Labute approximate surface area is 336 Å². The first-order valence-corrected chi connectivity index (χ1v) is 20.3. The standard InChI is InChI=1S/C53H38N4O/c1-2-11-33(12-3-1)38-25-27-43-42-17-8-9-19-46(42)57(47(43)31-38)41-26-28-44-49(32-41)58-48-20-10-18-45(50(44)48)53-55-51(39-23-21-34-13-4-6-15-36(34)29-39)54-52(56-53)40-24-22-35-14-5-7-16-37(35)30-40/h1-4,6-13,15-21,23-32,35,48,50H,5,14,22H2. The Morgan fingerprint density at radius 3 is 2.40 bits per heavy atom. The fourth-order valence-corrected chi connectivity index (χ4v) is 9.55. The van der Waals surface area contributed by atoms with Gasteiger partial charge in [0, 0.05) is 44.8 Å². The van der Waals surface area contributed by atoms with Gasteiger partial charge in [0.15, 0.2) is 17.5 Å².